The Morgan fingerprint density at radius 2 is 0.760 bits per heavy atom. The zero-order chi connectivity index (χ0) is 18.9. The molecule has 0 fully saturated rings. The summed E-state index contributed by atoms with van der Waals surface area (Å²) in [5.41, 5.74) is 0. The van der Waals surface area contributed by atoms with Crippen LogP contribution in [0.4, 0.5) is 0 Å². The van der Waals surface area contributed by atoms with Gasteiger partial charge in [0.1, 0.15) is 0 Å². The molecule has 148 valence electrons. The molecule has 0 aliphatic heterocycles. The number of hydrogen-bond acceptors (Lipinski definition) is 6. The van der Waals surface area contributed by atoms with E-state index in [2.05, 4.69) is 13.8 Å². The Morgan fingerprint density at radius 3 is 1.00 bits per heavy atom. The molecule has 0 amide bonds. The van der Waals surface area contributed by atoms with Crippen LogP contribution in [-0.2, 0) is 39.7 Å². The minimum atomic E-state index is -3.97. The van der Waals surface area contributed by atoms with Crippen molar-refractivity contribution >= 4 is 20.2 Å². The van der Waals surface area contributed by atoms with Crippen molar-refractivity contribution in [1.29, 1.82) is 0 Å². The fraction of sp³-hybridized carbons (Fsp3) is 1.00. The van der Waals surface area contributed by atoms with Gasteiger partial charge in [0.25, 0.3) is 0 Å². The van der Waals surface area contributed by atoms with Crippen molar-refractivity contribution in [3.8, 4) is 0 Å². The number of rotatable bonds is 14. The Bertz CT molecular complexity index is 419. The quantitative estimate of drug-likeness (QED) is 0.225. The van der Waals surface area contributed by atoms with Gasteiger partial charge in [-0.15, -0.1) is 0 Å². The van der Waals surface area contributed by atoms with E-state index in [1.165, 1.54) is 25.7 Å². The average molecular weight is 452 g/mol. The van der Waals surface area contributed by atoms with E-state index in [9.17, 15) is 25.9 Å². The van der Waals surface area contributed by atoms with E-state index in [0.29, 0.717) is 12.8 Å². The van der Waals surface area contributed by atoms with Crippen LogP contribution in [0.3, 0.4) is 0 Å². The molecule has 0 aromatic carbocycles. The largest absolute Gasteiger partial charge is 2.00 e. The smallest absolute Gasteiger partial charge is 0.748 e. The molecule has 0 aromatic heterocycles. The van der Waals surface area contributed by atoms with E-state index < -0.39 is 20.2 Å². The molecule has 25 heavy (non-hydrogen) atoms. The first-order valence-electron chi connectivity index (χ1n) is 8.99. The van der Waals surface area contributed by atoms with Gasteiger partial charge in [-0.25, -0.2) is 16.8 Å². The molecule has 0 bridgehead atoms. The molecular weight excluding hydrogens is 418 g/mol. The first-order valence-corrected chi connectivity index (χ1v) is 12.1. The molecule has 0 saturated heterocycles. The van der Waals surface area contributed by atoms with Crippen molar-refractivity contribution in [2.75, 3.05) is 11.5 Å². The van der Waals surface area contributed by atoms with Crippen LogP contribution in [0.2, 0.25) is 0 Å². The monoisotopic (exact) mass is 450 g/mol. The van der Waals surface area contributed by atoms with Crippen LogP contribution in [0.15, 0.2) is 0 Å². The van der Waals surface area contributed by atoms with Crippen LogP contribution in [0.1, 0.15) is 90.9 Å². The van der Waals surface area contributed by atoms with Gasteiger partial charge >= 0.3 is 19.5 Å². The van der Waals surface area contributed by atoms with Crippen LogP contribution < -0.4 is 0 Å². The summed E-state index contributed by atoms with van der Waals surface area (Å²) in [5, 5.41) is 0. The van der Waals surface area contributed by atoms with Crippen LogP contribution in [0.25, 0.3) is 0 Å². The summed E-state index contributed by atoms with van der Waals surface area (Å²) in [6.45, 7) is 4.25. The van der Waals surface area contributed by atoms with Gasteiger partial charge in [-0.3, -0.25) is 0 Å². The molecule has 0 aliphatic rings. The first kappa shape index (κ1) is 30.2. The molecule has 0 heterocycles. The Morgan fingerprint density at radius 1 is 0.520 bits per heavy atom. The van der Waals surface area contributed by atoms with E-state index in [-0.39, 0.29) is 31.0 Å². The Hall–Kier alpha value is 0.443. The van der Waals surface area contributed by atoms with E-state index in [0.717, 1.165) is 38.5 Å². The van der Waals surface area contributed by atoms with Gasteiger partial charge < -0.3 is 9.11 Å². The molecule has 0 radical (unpaired) electrons. The maximum Gasteiger partial charge on any atom is 2.00 e. The van der Waals surface area contributed by atoms with Crippen molar-refractivity contribution in [2.45, 2.75) is 90.9 Å². The third kappa shape index (κ3) is 36.2. The van der Waals surface area contributed by atoms with Gasteiger partial charge in [-0.1, -0.05) is 78.1 Å². The summed E-state index contributed by atoms with van der Waals surface area (Å²) >= 11 is 0. The summed E-state index contributed by atoms with van der Waals surface area (Å²) in [4.78, 5) is 0. The second kappa shape index (κ2) is 19.2. The van der Waals surface area contributed by atoms with Gasteiger partial charge in [-0.2, -0.15) is 0 Å². The Kier molecular flexibility index (Phi) is 23.2. The van der Waals surface area contributed by atoms with Crippen molar-refractivity contribution in [3.05, 3.63) is 0 Å². The zero-order valence-corrected chi connectivity index (χ0v) is 20.5. The molecule has 0 saturated carbocycles. The van der Waals surface area contributed by atoms with Gasteiger partial charge in [0, 0.05) is 11.5 Å². The van der Waals surface area contributed by atoms with Gasteiger partial charge in [0.2, 0.25) is 0 Å². The van der Waals surface area contributed by atoms with Gasteiger partial charge in [-0.05, 0) is 12.8 Å². The SMILES string of the molecule is CCCCCCCCS(=O)(=O)[O-].CCCCCCCCS(=O)(=O)[O-].[Zn+2]. The van der Waals surface area contributed by atoms with Gasteiger partial charge in [0.05, 0.1) is 20.2 Å². The minimum absolute atomic E-state index is 0. The second-order valence-corrected chi connectivity index (χ2v) is 9.11. The Balaban J connectivity index is -0.000000372. The van der Waals surface area contributed by atoms with Crippen molar-refractivity contribution in [3.63, 3.8) is 0 Å². The summed E-state index contributed by atoms with van der Waals surface area (Å²) in [5.74, 6) is -0.391. The van der Waals surface area contributed by atoms with E-state index in [1.54, 1.807) is 0 Å². The maximum absolute atomic E-state index is 10.2. The summed E-state index contributed by atoms with van der Waals surface area (Å²) in [6, 6.07) is 0. The molecule has 9 heteroatoms. The molecule has 6 nitrogen and oxygen atoms in total. The van der Waals surface area contributed by atoms with Crippen LogP contribution >= 0.6 is 0 Å². The average Bonchev–Trinajstić information content (AvgIpc) is 2.45. The summed E-state index contributed by atoms with van der Waals surface area (Å²) in [7, 11) is -7.93. The molecule has 0 atom stereocenters. The van der Waals surface area contributed by atoms with Crippen molar-refractivity contribution in [1.82, 2.24) is 0 Å². The maximum atomic E-state index is 10.2. The topological polar surface area (TPSA) is 114 Å². The first-order chi connectivity index (χ1) is 11.1. The van der Waals surface area contributed by atoms with Crippen molar-refractivity contribution < 1.29 is 45.4 Å². The van der Waals surface area contributed by atoms with E-state index >= 15 is 0 Å². The third-order valence-electron chi connectivity index (χ3n) is 3.50. The predicted octanol–water partition coefficient (Wildman–Crippen LogP) is 3.78. The standard InChI is InChI=1S/2C8H18O3S.Zn/c2*1-2-3-4-5-6-7-8-12(9,10)11;/h2*2-8H2,1H3,(H,9,10,11);/q;;+2/p-2. The third-order valence-corrected chi connectivity index (χ3v) is 5.07. The Labute approximate surface area is 167 Å². The van der Waals surface area contributed by atoms with Crippen LogP contribution in [0, 0.1) is 0 Å². The number of hydrogen-bond donors (Lipinski definition) is 0. The molecule has 0 aromatic rings. The second-order valence-electron chi connectivity index (χ2n) is 6.06. The minimum Gasteiger partial charge on any atom is -0.748 e. The molecule has 0 rings (SSSR count). The van der Waals surface area contributed by atoms with E-state index in [1.807, 2.05) is 0 Å². The molecule has 0 unspecified atom stereocenters. The van der Waals surface area contributed by atoms with Crippen molar-refractivity contribution in [2.24, 2.45) is 0 Å². The van der Waals surface area contributed by atoms with Gasteiger partial charge in [0.15, 0.2) is 0 Å². The van der Waals surface area contributed by atoms with E-state index in [4.69, 9.17) is 0 Å². The summed E-state index contributed by atoms with van der Waals surface area (Å²) in [6.07, 6.45) is 11.9. The van der Waals surface area contributed by atoms with Crippen LogP contribution in [0.5, 0.6) is 0 Å². The zero-order valence-electron chi connectivity index (χ0n) is 15.9. The number of unbranched alkanes of at least 4 members (excludes halogenated alkanes) is 10. The molecule has 0 aliphatic carbocycles. The normalized spacial score (nSPS) is 11.4. The summed E-state index contributed by atoms with van der Waals surface area (Å²) < 4.78 is 61.0. The van der Waals surface area contributed by atoms with Crippen LogP contribution in [-0.4, -0.2) is 37.4 Å². The fourth-order valence-corrected chi connectivity index (χ4v) is 3.23. The molecule has 0 N–H and O–H groups in total. The predicted molar refractivity (Wildman–Crippen MR) is 95.9 cm³/mol. The molecule has 0 spiro atoms. The fourth-order valence-electron chi connectivity index (χ4n) is 2.12. The molecular formula is C16H34O6S2Zn.